The predicted molar refractivity (Wildman–Crippen MR) is 59.4 cm³/mol. The van der Waals surface area contributed by atoms with Crippen LogP contribution in [-0.4, -0.2) is 20.2 Å². The number of alkyl halides is 1. The van der Waals surface area contributed by atoms with Gasteiger partial charge in [-0.2, -0.15) is 5.10 Å². The average Bonchev–Trinajstić information content (AvgIpc) is 2.44. The zero-order valence-corrected chi connectivity index (χ0v) is 9.54. The summed E-state index contributed by atoms with van der Waals surface area (Å²) in [5.74, 6) is 1.53. The third-order valence-electron chi connectivity index (χ3n) is 2.79. The molecule has 1 aliphatic heterocycles. The smallest absolute Gasteiger partial charge is 0.279 e. The zero-order chi connectivity index (χ0) is 10.7. The number of nitrogens with zero attached hydrogens (tertiary/aromatic N) is 3. The molecule has 0 unspecified atom stereocenters. The molecule has 0 aromatic carbocycles. The van der Waals surface area contributed by atoms with Gasteiger partial charge in [0.2, 0.25) is 0 Å². The molecule has 2 heterocycles. The molecule has 0 atom stereocenters. The van der Waals surface area contributed by atoms with Crippen LogP contribution in [0.5, 0.6) is 0 Å². The van der Waals surface area contributed by atoms with Gasteiger partial charge in [0.15, 0.2) is 0 Å². The van der Waals surface area contributed by atoms with Crippen LogP contribution in [0.25, 0.3) is 0 Å². The van der Waals surface area contributed by atoms with E-state index in [1.54, 1.807) is 4.68 Å². The van der Waals surface area contributed by atoms with Crippen LogP contribution in [0.2, 0.25) is 0 Å². The molecule has 0 N–H and O–H groups in total. The predicted octanol–water partition coefficient (Wildman–Crippen LogP) is 1.40. The van der Waals surface area contributed by atoms with Crippen LogP contribution in [0, 0.1) is 0 Å². The summed E-state index contributed by atoms with van der Waals surface area (Å²) in [5.41, 5.74) is 0.0389. The lowest BCUT2D eigenvalue weighted by atomic mass is 10.2. The van der Waals surface area contributed by atoms with Gasteiger partial charge in [0.25, 0.3) is 0 Å². The van der Waals surface area contributed by atoms with E-state index >= 15 is 0 Å². The van der Waals surface area contributed by atoms with Crippen molar-refractivity contribution in [3.05, 3.63) is 16.3 Å². The number of aryl methyl sites for hydroxylation is 2. The number of hydrogen-bond acceptors (Lipinski definition) is 2. The minimum Gasteiger partial charge on any atom is -0.279 e. The first-order valence-electron chi connectivity index (χ1n) is 5.55. The Bertz CT molecular complexity index is 383. The molecule has 4 nitrogen and oxygen atoms in total. The average molecular weight is 230 g/mol. The molecule has 0 saturated carbocycles. The summed E-state index contributed by atoms with van der Waals surface area (Å²) in [4.78, 5) is 11.9. The first-order valence-corrected chi connectivity index (χ1v) is 6.09. The highest BCUT2D eigenvalue weighted by atomic mass is 35.5. The molecule has 15 heavy (non-hydrogen) atoms. The van der Waals surface area contributed by atoms with Crippen LogP contribution in [0.15, 0.2) is 4.79 Å². The highest BCUT2D eigenvalue weighted by Crippen LogP contribution is 2.10. The lowest BCUT2D eigenvalue weighted by Gasteiger charge is -1.97. The van der Waals surface area contributed by atoms with Gasteiger partial charge in [0, 0.05) is 25.4 Å². The van der Waals surface area contributed by atoms with E-state index < -0.39 is 0 Å². The SMILES string of the molecule is O=c1n(CCCCl)nc2n1CCCCC2. The largest absolute Gasteiger partial charge is 0.345 e. The van der Waals surface area contributed by atoms with E-state index in [0.717, 1.165) is 38.1 Å². The molecule has 2 rings (SSSR count). The van der Waals surface area contributed by atoms with E-state index in [9.17, 15) is 4.79 Å². The molecule has 1 aliphatic rings. The Morgan fingerprint density at radius 1 is 1.33 bits per heavy atom. The summed E-state index contributed by atoms with van der Waals surface area (Å²) in [6.45, 7) is 1.47. The second-order valence-corrected chi connectivity index (χ2v) is 4.30. The summed E-state index contributed by atoms with van der Waals surface area (Å²) < 4.78 is 3.38. The number of halogens is 1. The van der Waals surface area contributed by atoms with Crippen molar-refractivity contribution in [3.63, 3.8) is 0 Å². The minimum absolute atomic E-state index is 0.0389. The Morgan fingerprint density at radius 2 is 2.20 bits per heavy atom. The fourth-order valence-electron chi connectivity index (χ4n) is 1.98. The lowest BCUT2D eigenvalue weighted by Crippen LogP contribution is -2.25. The van der Waals surface area contributed by atoms with Crippen molar-refractivity contribution in [2.75, 3.05) is 5.88 Å². The van der Waals surface area contributed by atoms with E-state index in [2.05, 4.69) is 5.10 Å². The van der Waals surface area contributed by atoms with Crippen molar-refractivity contribution < 1.29 is 0 Å². The molecular formula is C10H16ClN3O. The second-order valence-electron chi connectivity index (χ2n) is 3.93. The second kappa shape index (κ2) is 4.84. The highest BCUT2D eigenvalue weighted by molar-refractivity contribution is 6.17. The molecule has 0 amide bonds. The molecular weight excluding hydrogens is 214 g/mol. The Kier molecular flexibility index (Phi) is 3.46. The quantitative estimate of drug-likeness (QED) is 0.736. The Labute approximate surface area is 93.8 Å². The van der Waals surface area contributed by atoms with Gasteiger partial charge in [-0.25, -0.2) is 9.48 Å². The highest BCUT2D eigenvalue weighted by Gasteiger charge is 2.14. The zero-order valence-electron chi connectivity index (χ0n) is 8.78. The molecule has 0 saturated heterocycles. The molecule has 0 radical (unpaired) electrons. The Morgan fingerprint density at radius 3 is 3.00 bits per heavy atom. The Balaban J connectivity index is 2.24. The van der Waals surface area contributed by atoms with Gasteiger partial charge < -0.3 is 0 Å². The molecule has 0 fully saturated rings. The topological polar surface area (TPSA) is 39.8 Å². The van der Waals surface area contributed by atoms with Gasteiger partial charge in [0.1, 0.15) is 5.82 Å². The van der Waals surface area contributed by atoms with Gasteiger partial charge in [-0.3, -0.25) is 4.57 Å². The van der Waals surface area contributed by atoms with E-state index in [0.29, 0.717) is 12.4 Å². The maximum absolute atomic E-state index is 11.9. The van der Waals surface area contributed by atoms with E-state index in [-0.39, 0.29) is 5.69 Å². The van der Waals surface area contributed by atoms with Gasteiger partial charge in [-0.15, -0.1) is 11.6 Å². The normalized spacial score (nSPS) is 16.1. The lowest BCUT2D eigenvalue weighted by molar-refractivity contribution is 0.549. The Hall–Kier alpha value is -0.770. The van der Waals surface area contributed by atoms with E-state index in [1.165, 1.54) is 6.42 Å². The van der Waals surface area contributed by atoms with Crippen LogP contribution in [0.4, 0.5) is 0 Å². The van der Waals surface area contributed by atoms with Crippen LogP contribution in [0.3, 0.4) is 0 Å². The molecule has 0 spiro atoms. The van der Waals surface area contributed by atoms with Crippen LogP contribution in [-0.2, 0) is 19.5 Å². The summed E-state index contributed by atoms with van der Waals surface area (Å²) in [7, 11) is 0. The number of rotatable bonds is 3. The van der Waals surface area contributed by atoms with Gasteiger partial charge in [0.05, 0.1) is 0 Å². The molecule has 0 aliphatic carbocycles. The number of hydrogen-bond donors (Lipinski definition) is 0. The van der Waals surface area contributed by atoms with Crippen molar-refractivity contribution >= 4 is 11.6 Å². The fraction of sp³-hybridized carbons (Fsp3) is 0.800. The molecule has 84 valence electrons. The molecule has 5 heteroatoms. The van der Waals surface area contributed by atoms with Crippen molar-refractivity contribution in [2.45, 2.75) is 45.2 Å². The van der Waals surface area contributed by atoms with Gasteiger partial charge in [-0.1, -0.05) is 6.42 Å². The maximum atomic E-state index is 11.9. The van der Waals surface area contributed by atoms with E-state index in [1.807, 2.05) is 4.57 Å². The van der Waals surface area contributed by atoms with Gasteiger partial charge in [-0.05, 0) is 19.3 Å². The van der Waals surface area contributed by atoms with Crippen LogP contribution in [0.1, 0.15) is 31.5 Å². The summed E-state index contributed by atoms with van der Waals surface area (Å²) in [6, 6.07) is 0. The first-order chi connectivity index (χ1) is 7.33. The van der Waals surface area contributed by atoms with Crippen molar-refractivity contribution in [3.8, 4) is 0 Å². The minimum atomic E-state index is 0.0389. The summed E-state index contributed by atoms with van der Waals surface area (Å²) in [5, 5.41) is 4.36. The molecule has 1 aromatic heterocycles. The monoisotopic (exact) mass is 229 g/mol. The summed E-state index contributed by atoms with van der Waals surface area (Å²) in [6.07, 6.45) is 5.17. The van der Waals surface area contributed by atoms with Crippen molar-refractivity contribution in [1.82, 2.24) is 14.3 Å². The van der Waals surface area contributed by atoms with Crippen molar-refractivity contribution in [2.24, 2.45) is 0 Å². The van der Waals surface area contributed by atoms with Gasteiger partial charge >= 0.3 is 5.69 Å². The fourth-order valence-corrected chi connectivity index (χ4v) is 2.10. The van der Waals surface area contributed by atoms with Crippen molar-refractivity contribution in [1.29, 1.82) is 0 Å². The third-order valence-corrected chi connectivity index (χ3v) is 3.05. The molecule has 1 aromatic rings. The first kappa shape index (κ1) is 10.7. The standard InChI is InChI=1S/C10H16ClN3O/c11-6-4-8-14-10(15)13-7-3-1-2-5-9(13)12-14/h1-8H2. The maximum Gasteiger partial charge on any atom is 0.345 e. The van der Waals surface area contributed by atoms with Crippen LogP contribution >= 0.6 is 11.6 Å². The van der Waals surface area contributed by atoms with Crippen LogP contribution < -0.4 is 5.69 Å². The number of aromatic nitrogens is 3. The molecule has 0 bridgehead atoms. The number of fused-ring (bicyclic) bond motifs is 1. The summed E-state index contributed by atoms with van der Waals surface area (Å²) >= 11 is 5.61. The van der Waals surface area contributed by atoms with E-state index in [4.69, 9.17) is 11.6 Å². The third kappa shape index (κ3) is 2.25.